The average Bonchev–Trinajstić information content (AvgIpc) is 2.26. The van der Waals surface area contributed by atoms with E-state index in [-0.39, 0.29) is 5.41 Å². The second-order valence-corrected chi connectivity index (χ2v) is 6.45. The van der Waals surface area contributed by atoms with Crippen molar-refractivity contribution in [1.82, 2.24) is 5.32 Å². The molecule has 82 valence electrons. The first-order valence-corrected chi connectivity index (χ1v) is 5.79. The van der Waals surface area contributed by atoms with E-state index in [2.05, 4.69) is 26.1 Å². The monoisotopic (exact) mass is 197 g/mol. The summed E-state index contributed by atoms with van der Waals surface area (Å²) in [7, 11) is 0. The van der Waals surface area contributed by atoms with Crippen molar-refractivity contribution in [3.05, 3.63) is 0 Å². The van der Waals surface area contributed by atoms with Gasteiger partial charge in [-0.05, 0) is 31.6 Å². The van der Waals surface area contributed by atoms with Crippen molar-refractivity contribution in [3.8, 4) is 0 Å². The molecule has 2 aliphatic rings. The Morgan fingerprint density at radius 1 is 1.29 bits per heavy atom. The Kier molecular flexibility index (Phi) is 2.20. The van der Waals surface area contributed by atoms with Gasteiger partial charge in [-0.3, -0.25) is 0 Å². The quantitative estimate of drug-likeness (QED) is 0.622. The highest BCUT2D eigenvalue weighted by atomic mass is 16.3. The normalized spacial score (nSPS) is 48.2. The fourth-order valence-electron chi connectivity index (χ4n) is 3.87. The summed E-state index contributed by atoms with van der Waals surface area (Å²) in [6.07, 6.45) is 3.40. The van der Waals surface area contributed by atoms with Crippen molar-refractivity contribution in [3.63, 3.8) is 0 Å². The zero-order chi connectivity index (χ0) is 10.6. The Hall–Kier alpha value is -0.0800. The van der Waals surface area contributed by atoms with E-state index in [0.29, 0.717) is 18.0 Å². The van der Waals surface area contributed by atoms with E-state index in [0.717, 1.165) is 6.42 Å². The van der Waals surface area contributed by atoms with Crippen LogP contribution in [-0.2, 0) is 0 Å². The second kappa shape index (κ2) is 2.96. The molecule has 2 fully saturated rings. The highest BCUT2D eigenvalue weighted by Crippen LogP contribution is 2.46. The van der Waals surface area contributed by atoms with Crippen LogP contribution in [0.15, 0.2) is 0 Å². The average molecular weight is 197 g/mol. The van der Waals surface area contributed by atoms with Gasteiger partial charge in [0.25, 0.3) is 0 Å². The third kappa shape index (κ3) is 1.59. The molecule has 2 nitrogen and oxygen atoms in total. The molecule has 4 unspecified atom stereocenters. The molecule has 0 saturated carbocycles. The first-order chi connectivity index (χ1) is 6.31. The summed E-state index contributed by atoms with van der Waals surface area (Å²) in [6, 6.07) is 1.09. The lowest BCUT2D eigenvalue weighted by Crippen LogP contribution is -2.58. The molecule has 0 aromatic carbocycles. The molecule has 0 spiro atoms. The maximum atomic E-state index is 10.5. The fourth-order valence-corrected chi connectivity index (χ4v) is 3.87. The minimum atomic E-state index is -0.477. The summed E-state index contributed by atoms with van der Waals surface area (Å²) in [6.45, 7) is 8.75. The number of piperidine rings is 1. The van der Waals surface area contributed by atoms with Gasteiger partial charge in [0, 0.05) is 18.0 Å². The van der Waals surface area contributed by atoms with Crippen molar-refractivity contribution in [2.75, 3.05) is 0 Å². The van der Waals surface area contributed by atoms with E-state index in [4.69, 9.17) is 0 Å². The van der Waals surface area contributed by atoms with Gasteiger partial charge >= 0.3 is 0 Å². The summed E-state index contributed by atoms with van der Waals surface area (Å²) >= 11 is 0. The molecular weight excluding hydrogens is 174 g/mol. The van der Waals surface area contributed by atoms with E-state index in [1.54, 1.807) is 0 Å². The zero-order valence-electron chi connectivity index (χ0n) is 9.80. The summed E-state index contributed by atoms with van der Waals surface area (Å²) in [5.74, 6) is 0.383. The van der Waals surface area contributed by atoms with Crippen LogP contribution in [0.4, 0.5) is 0 Å². The number of fused-ring (bicyclic) bond motifs is 2. The van der Waals surface area contributed by atoms with E-state index in [9.17, 15) is 5.11 Å². The fraction of sp³-hybridized carbons (Fsp3) is 1.00. The van der Waals surface area contributed by atoms with E-state index >= 15 is 0 Å². The first kappa shape index (κ1) is 10.4. The molecule has 2 heteroatoms. The summed E-state index contributed by atoms with van der Waals surface area (Å²) in [5.41, 5.74) is -0.286. The molecule has 2 rings (SSSR count). The van der Waals surface area contributed by atoms with Crippen LogP contribution >= 0.6 is 0 Å². The van der Waals surface area contributed by atoms with Crippen molar-refractivity contribution in [2.45, 2.75) is 64.6 Å². The Labute approximate surface area is 87.1 Å². The Morgan fingerprint density at radius 2 is 1.93 bits per heavy atom. The van der Waals surface area contributed by atoms with Crippen LogP contribution in [-0.4, -0.2) is 22.8 Å². The summed E-state index contributed by atoms with van der Waals surface area (Å²) in [5, 5.41) is 14.2. The van der Waals surface area contributed by atoms with Gasteiger partial charge in [0.15, 0.2) is 0 Å². The predicted molar refractivity (Wildman–Crippen MR) is 58.1 cm³/mol. The molecule has 2 aliphatic heterocycles. The third-order valence-corrected chi connectivity index (χ3v) is 3.94. The highest BCUT2D eigenvalue weighted by molar-refractivity contribution is 5.07. The molecular formula is C12H23NO. The molecule has 14 heavy (non-hydrogen) atoms. The first-order valence-electron chi connectivity index (χ1n) is 5.79. The second-order valence-electron chi connectivity index (χ2n) is 6.45. The van der Waals surface area contributed by atoms with Gasteiger partial charge in [-0.15, -0.1) is 0 Å². The van der Waals surface area contributed by atoms with Gasteiger partial charge in [-0.1, -0.05) is 20.8 Å². The predicted octanol–water partition coefficient (Wildman–Crippen LogP) is 1.92. The lowest BCUT2D eigenvalue weighted by Gasteiger charge is -2.49. The van der Waals surface area contributed by atoms with Crippen molar-refractivity contribution in [2.24, 2.45) is 11.3 Å². The van der Waals surface area contributed by atoms with Crippen molar-refractivity contribution >= 4 is 0 Å². The van der Waals surface area contributed by atoms with Gasteiger partial charge in [0.1, 0.15) is 0 Å². The topological polar surface area (TPSA) is 32.3 Å². The van der Waals surface area contributed by atoms with Crippen molar-refractivity contribution in [1.29, 1.82) is 0 Å². The zero-order valence-corrected chi connectivity index (χ0v) is 9.80. The summed E-state index contributed by atoms with van der Waals surface area (Å²) < 4.78 is 0. The molecule has 0 radical (unpaired) electrons. The molecule has 4 atom stereocenters. The van der Waals surface area contributed by atoms with Crippen LogP contribution in [0, 0.1) is 11.3 Å². The standard InChI is InChI=1S/C12H23NO/c1-11(2,3)10-9-6-5-8(13-9)7-12(10,4)14/h8-10,13-14H,5-7H2,1-4H3. The smallest absolute Gasteiger partial charge is 0.0682 e. The maximum Gasteiger partial charge on any atom is 0.0682 e. The van der Waals surface area contributed by atoms with Crippen LogP contribution in [0.3, 0.4) is 0 Å². The van der Waals surface area contributed by atoms with E-state index in [1.165, 1.54) is 12.8 Å². The van der Waals surface area contributed by atoms with E-state index in [1.807, 2.05) is 6.92 Å². The van der Waals surface area contributed by atoms with Gasteiger partial charge in [-0.2, -0.15) is 0 Å². The number of rotatable bonds is 0. The third-order valence-electron chi connectivity index (χ3n) is 3.94. The molecule has 0 aromatic heterocycles. The lowest BCUT2D eigenvalue weighted by molar-refractivity contribution is -0.0871. The SMILES string of the molecule is CC(C)(C)C1C2CCC(CC1(C)O)N2. The van der Waals surface area contributed by atoms with E-state index < -0.39 is 5.60 Å². The molecule has 2 N–H and O–H groups in total. The minimum absolute atomic E-state index is 0.191. The molecule has 2 heterocycles. The van der Waals surface area contributed by atoms with Crippen molar-refractivity contribution < 1.29 is 5.11 Å². The Balaban J connectivity index is 2.27. The number of nitrogens with one attached hydrogen (secondary N) is 1. The molecule has 2 bridgehead atoms. The minimum Gasteiger partial charge on any atom is -0.390 e. The van der Waals surface area contributed by atoms with Gasteiger partial charge in [0.2, 0.25) is 0 Å². The maximum absolute atomic E-state index is 10.5. The number of aliphatic hydroxyl groups is 1. The van der Waals surface area contributed by atoms with Crippen LogP contribution in [0.1, 0.15) is 47.0 Å². The van der Waals surface area contributed by atoms with Gasteiger partial charge in [0.05, 0.1) is 5.60 Å². The molecule has 2 saturated heterocycles. The molecule has 0 aromatic rings. The van der Waals surface area contributed by atoms with Crippen LogP contribution in [0.5, 0.6) is 0 Å². The van der Waals surface area contributed by atoms with Gasteiger partial charge in [-0.25, -0.2) is 0 Å². The largest absolute Gasteiger partial charge is 0.390 e. The Morgan fingerprint density at radius 3 is 2.50 bits per heavy atom. The summed E-state index contributed by atoms with van der Waals surface area (Å²) in [4.78, 5) is 0. The highest BCUT2D eigenvalue weighted by Gasteiger charge is 2.51. The number of hydrogen-bond donors (Lipinski definition) is 2. The molecule has 0 amide bonds. The van der Waals surface area contributed by atoms with Gasteiger partial charge < -0.3 is 10.4 Å². The van der Waals surface area contributed by atoms with Crippen LogP contribution in [0.25, 0.3) is 0 Å². The Bertz CT molecular complexity index is 229. The number of hydrogen-bond acceptors (Lipinski definition) is 2. The lowest BCUT2D eigenvalue weighted by atomic mass is 9.65. The molecule has 0 aliphatic carbocycles. The van der Waals surface area contributed by atoms with Crippen LogP contribution in [0.2, 0.25) is 0 Å². The van der Waals surface area contributed by atoms with Crippen LogP contribution < -0.4 is 5.32 Å².